The second-order valence-electron chi connectivity index (χ2n) is 10.1. The fraction of sp³-hybridized carbons (Fsp3) is 0.577. The maximum Gasteiger partial charge on any atom is 0.415 e. The van der Waals surface area contributed by atoms with Crippen LogP contribution in [0.4, 0.5) is 16.6 Å². The summed E-state index contributed by atoms with van der Waals surface area (Å²) in [6, 6.07) is 11.3. The average molecular weight is 467 g/mol. The van der Waals surface area contributed by atoms with E-state index in [9.17, 15) is 4.79 Å². The first-order valence-electron chi connectivity index (χ1n) is 12.3. The highest BCUT2D eigenvalue weighted by molar-refractivity contribution is 5.89. The summed E-state index contributed by atoms with van der Waals surface area (Å²) >= 11 is 0. The zero-order valence-electron chi connectivity index (χ0n) is 21.1. The minimum Gasteiger partial charge on any atom is -0.447 e. The lowest BCUT2D eigenvalue weighted by Crippen LogP contribution is -2.41. The predicted octanol–water partition coefficient (Wildman–Crippen LogP) is 4.16. The van der Waals surface area contributed by atoms with E-state index in [4.69, 9.17) is 4.74 Å². The molecule has 2 aliphatic rings. The van der Waals surface area contributed by atoms with Crippen LogP contribution in [0.1, 0.15) is 50.8 Å². The molecule has 0 radical (unpaired) electrons. The van der Waals surface area contributed by atoms with Crippen molar-refractivity contribution in [3.63, 3.8) is 0 Å². The Balaban J connectivity index is 1.36. The number of carbonyl (C=O) groups excluding carboxylic acids is 1. The second-order valence-corrected chi connectivity index (χ2v) is 10.1. The van der Waals surface area contributed by atoms with Crippen molar-refractivity contribution in [2.75, 3.05) is 44.0 Å². The fourth-order valence-electron chi connectivity index (χ4n) is 4.78. The number of anilines is 2. The second kappa shape index (κ2) is 10.7. The van der Waals surface area contributed by atoms with Crippen LogP contribution in [0.2, 0.25) is 0 Å². The van der Waals surface area contributed by atoms with Gasteiger partial charge in [0.2, 0.25) is 5.95 Å². The lowest BCUT2D eigenvalue weighted by atomic mass is 10.0. The van der Waals surface area contributed by atoms with Crippen molar-refractivity contribution in [2.45, 2.75) is 58.3 Å². The van der Waals surface area contributed by atoms with Gasteiger partial charge in [-0.05, 0) is 70.1 Å². The van der Waals surface area contributed by atoms with Gasteiger partial charge in [-0.1, -0.05) is 38.1 Å². The molecule has 2 aliphatic heterocycles. The van der Waals surface area contributed by atoms with Gasteiger partial charge in [-0.15, -0.1) is 0 Å². The minimum absolute atomic E-state index is 0.0195. The number of amides is 1. The Morgan fingerprint density at radius 2 is 1.82 bits per heavy atom. The largest absolute Gasteiger partial charge is 0.447 e. The lowest BCUT2D eigenvalue weighted by Gasteiger charge is -2.35. The number of carbonyl (C=O) groups is 1. The maximum absolute atomic E-state index is 12.3. The molecule has 1 aromatic carbocycles. The Morgan fingerprint density at radius 3 is 2.47 bits per heavy atom. The Hall–Kier alpha value is -2.71. The summed E-state index contributed by atoms with van der Waals surface area (Å²) in [5.41, 5.74) is 2.51. The number of benzene rings is 1. The number of aromatic nitrogens is 2. The molecule has 1 N–H and O–H groups in total. The monoisotopic (exact) mass is 466 g/mol. The van der Waals surface area contributed by atoms with Crippen LogP contribution < -0.4 is 10.2 Å². The number of piperidine rings is 1. The smallest absolute Gasteiger partial charge is 0.415 e. The number of ether oxygens (including phenoxy) is 1. The summed E-state index contributed by atoms with van der Waals surface area (Å²) < 4.78 is 5.27. The quantitative estimate of drug-likeness (QED) is 0.626. The van der Waals surface area contributed by atoms with Crippen molar-refractivity contribution >= 4 is 17.9 Å². The van der Waals surface area contributed by atoms with Crippen molar-refractivity contribution < 1.29 is 9.53 Å². The first kappa shape index (κ1) is 24.4. The minimum atomic E-state index is -0.349. The van der Waals surface area contributed by atoms with Gasteiger partial charge in [0.15, 0.2) is 0 Å². The van der Waals surface area contributed by atoms with Crippen molar-refractivity contribution in [3.05, 3.63) is 47.7 Å². The highest BCUT2D eigenvalue weighted by Gasteiger charge is 2.37. The highest BCUT2D eigenvalue weighted by Crippen LogP contribution is 2.27. The molecule has 0 bridgehead atoms. The van der Waals surface area contributed by atoms with Crippen LogP contribution >= 0.6 is 0 Å². The molecule has 2 fully saturated rings. The zero-order valence-corrected chi connectivity index (χ0v) is 21.1. The Morgan fingerprint density at radius 1 is 1.12 bits per heavy atom. The van der Waals surface area contributed by atoms with Gasteiger partial charge < -0.3 is 15.0 Å². The summed E-state index contributed by atoms with van der Waals surface area (Å²) in [6.07, 6.45) is 3.80. The van der Waals surface area contributed by atoms with E-state index in [1.807, 2.05) is 0 Å². The third-order valence-electron chi connectivity index (χ3n) is 7.08. The van der Waals surface area contributed by atoms with Crippen LogP contribution in [-0.2, 0) is 11.3 Å². The van der Waals surface area contributed by atoms with E-state index in [-0.39, 0.29) is 24.1 Å². The van der Waals surface area contributed by atoms with E-state index in [0.29, 0.717) is 24.4 Å². The van der Waals surface area contributed by atoms with E-state index >= 15 is 0 Å². The standard InChI is InChI=1S/C26H38N6O2/c1-18(2)23-17-34-26(33)32(23)24-10-13-27-25(29-24)28-19(3)21-8-6-20(7-9-21)16-31-14-11-22(12-15-31)30(4)5/h6-10,13,18-19,22-23H,11-12,14-17H2,1-5H3,(H,27,28,29). The molecule has 0 spiro atoms. The maximum atomic E-state index is 12.3. The summed E-state index contributed by atoms with van der Waals surface area (Å²) in [7, 11) is 4.36. The number of hydrogen-bond acceptors (Lipinski definition) is 7. The number of rotatable bonds is 8. The van der Waals surface area contributed by atoms with Gasteiger partial charge >= 0.3 is 6.09 Å². The molecule has 8 heteroatoms. The van der Waals surface area contributed by atoms with Gasteiger partial charge in [-0.3, -0.25) is 9.80 Å². The first-order valence-corrected chi connectivity index (χ1v) is 12.3. The Bertz CT molecular complexity index is 956. The highest BCUT2D eigenvalue weighted by atomic mass is 16.6. The average Bonchev–Trinajstić information content (AvgIpc) is 3.22. The molecule has 184 valence electrons. The molecule has 2 atom stereocenters. The molecular weight excluding hydrogens is 428 g/mol. The molecule has 1 aromatic heterocycles. The van der Waals surface area contributed by atoms with Crippen molar-refractivity contribution in [2.24, 2.45) is 5.92 Å². The van der Waals surface area contributed by atoms with E-state index in [2.05, 4.69) is 84.2 Å². The normalized spacial score (nSPS) is 20.7. The van der Waals surface area contributed by atoms with Crippen LogP contribution in [-0.4, -0.2) is 71.7 Å². The van der Waals surface area contributed by atoms with E-state index < -0.39 is 0 Å². The summed E-state index contributed by atoms with van der Waals surface area (Å²) in [5, 5.41) is 3.38. The third-order valence-corrected chi connectivity index (χ3v) is 7.08. The predicted molar refractivity (Wildman–Crippen MR) is 135 cm³/mol. The first-order chi connectivity index (χ1) is 16.3. The number of nitrogens with zero attached hydrogens (tertiary/aromatic N) is 5. The molecule has 0 saturated carbocycles. The van der Waals surface area contributed by atoms with Gasteiger partial charge in [0.05, 0.1) is 12.1 Å². The van der Waals surface area contributed by atoms with Crippen molar-refractivity contribution in [1.82, 2.24) is 19.8 Å². The van der Waals surface area contributed by atoms with E-state index in [0.717, 1.165) is 19.6 Å². The molecule has 4 rings (SSSR count). The number of cyclic esters (lactones) is 1. The molecule has 34 heavy (non-hydrogen) atoms. The zero-order chi connectivity index (χ0) is 24.2. The summed E-state index contributed by atoms with van der Waals surface area (Å²) in [5.74, 6) is 1.34. The molecule has 1 amide bonds. The van der Waals surface area contributed by atoms with E-state index in [1.165, 1.54) is 24.0 Å². The summed E-state index contributed by atoms with van der Waals surface area (Å²) in [6.45, 7) is 9.94. The van der Waals surface area contributed by atoms with E-state index in [1.54, 1.807) is 17.2 Å². The lowest BCUT2D eigenvalue weighted by molar-refractivity contribution is 0.140. The molecule has 2 aromatic rings. The number of likely N-dealkylation sites (tertiary alicyclic amines) is 1. The molecule has 3 heterocycles. The van der Waals surface area contributed by atoms with Crippen LogP contribution in [0.5, 0.6) is 0 Å². The molecule has 0 aliphatic carbocycles. The molecule has 2 saturated heterocycles. The molecule has 2 unspecified atom stereocenters. The molecule has 8 nitrogen and oxygen atoms in total. The van der Waals surface area contributed by atoms with Crippen molar-refractivity contribution in [3.8, 4) is 0 Å². The van der Waals surface area contributed by atoms with Gasteiger partial charge in [0, 0.05) is 18.8 Å². The van der Waals surface area contributed by atoms with Crippen molar-refractivity contribution in [1.29, 1.82) is 0 Å². The number of nitrogens with one attached hydrogen (secondary N) is 1. The number of hydrogen-bond donors (Lipinski definition) is 1. The van der Waals surface area contributed by atoms with Gasteiger partial charge in [0.25, 0.3) is 0 Å². The fourth-order valence-corrected chi connectivity index (χ4v) is 4.78. The van der Waals surface area contributed by atoms with Gasteiger partial charge in [0.1, 0.15) is 12.4 Å². The van der Waals surface area contributed by atoms with Crippen LogP contribution in [0.15, 0.2) is 36.5 Å². The van der Waals surface area contributed by atoms with Gasteiger partial charge in [-0.2, -0.15) is 4.98 Å². The third kappa shape index (κ3) is 5.67. The topological polar surface area (TPSA) is 73.8 Å². The Kier molecular flexibility index (Phi) is 7.68. The SMILES string of the molecule is CC(Nc1nccc(N2C(=O)OCC2C(C)C)n1)c1ccc(CN2CCC(N(C)C)CC2)cc1. The van der Waals surface area contributed by atoms with Crippen LogP contribution in [0, 0.1) is 5.92 Å². The van der Waals surface area contributed by atoms with Gasteiger partial charge in [-0.25, -0.2) is 9.78 Å². The summed E-state index contributed by atoms with van der Waals surface area (Å²) in [4.78, 5) is 27.8. The Labute approximate surface area is 203 Å². The van der Waals surface area contributed by atoms with Crippen LogP contribution in [0.25, 0.3) is 0 Å². The molecular formula is C26H38N6O2. The van der Waals surface area contributed by atoms with Crippen LogP contribution in [0.3, 0.4) is 0 Å².